The van der Waals surface area contributed by atoms with E-state index in [9.17, 15) is 4.79 Å². The number of rotatable bonds is 3. The van der Waals surface area contributed by atoms with E-state index < -0.39 is 5.91 Å². The topological polar surface area (TPSA) is 52.3 Å². The van der Waals surface area contributed by atoms with Crippen LogP contribution < -0.4 is 10.5 Å². The highest BCUT2D eigenvalue weighted by molar-refractivity contribution is 6.33. The first-order chi connectivity index (χ1) is 6.65. The lowest BCUT2D eigenvalue weighted by molar-refractivity contribution is -0.113. The Bertz CT molecular complexity index is 374. The molecule has 0 fully saturated rings. The molecule has 0 spiro atoms. The number of hydrogen-bond acceptors (Lipinski definition) is 2. The zero-order chi connectivity index (χ0) is 10.6. The van der Waals surface area contributed by atoms with Crippen molar-refractivity contribution in [2.24, 2.45) is 5.73 Å². The second-order valence-electron chi connectivity index (χ2n) is 2.60. The van der Waals surface area contributed by atoms with Gasteiger partial charge in [-0.2, -0.15) is 0 Å². The van der Waals surface area contributed by atoms with E-state index in [2.05, 4.69) is 0 Å². The number of methoxy groups -OCH3 is 1. The first-order valence-corrected chi connectivity index (χ1v) is 4.33. The lowest BCUT2D eigenvalue weighted by Crippen LogP contribution is -2.05. The van der Waals surface area contributed by atoms with Crippen molar-refractivity contribution >= 4 is 23.6 Å². The Balaban J connectivity index is 3.03. The van der Waals surface area contributed by atoms with Crippen LogP contribution in [0.2, 0.25) is 5.02 Å². The van der Waals surface area contributed by atoms with Gasteiger partial charge in [-0.3, -0.25) is 4.79 Å². The Morgan fingerprint density at radius 2 is 2.29 bits per heavy atom. The van der Waals surface area contributed by atoms with Crippen LogP contribution >= 0.6 is 11.6 Å². The molecule has 3 nitrogen and oxygen atoms in total. The van der Waals surface area contributed by atoms with Crippen molar-refractivity contribution in [1.29, 1.82) is 0 Å². The molecule has 4 heteroatoms. The highest BCUT2D eigenvalue weighted by Crippen LogP contribution is 2.28. The molecule has 0 aliphatic rings. The third-order valence-electron chi connectivity index (χ3n) is 1.64. The third-order valence-corrected chi connectivity index (χ3v) is 2.04. The van der Waals surface area contributed by atoms with Gasteiger partial charge in [0.25, 0.3) is 0 Å². The van der Waals surface area contributed by atoms with Crippen LogP contribution in [0, 0.1) is 0 Å². The van der Waals surface area contributed by atoms with E-state index in [1.807, 2.05) is 0 Å². The third kappa shape index (κ3) is 2.50. The van der Waals surface area contributed by atoms with Crippen molar-refractivity contribution in [3.8, 4) is 5.75 Å². The smallest absolute Gasteiger partial charge is 0.241 e. The molecule has 1 aromatic carbocycles. The summed E-state index contributed by atoms with van der Waals surface area (Å²) in [6.45, 7) is 0. The van der Waals surface area contributed by atoms with E-state index in [-0.39, 0.29) is 0 Å². The van der Waals surface area contributed by atoms with Gasteiger partial charge in [-0.1, -0.05) is 23.7 Å². The molecule has 0 aromatic heterocycles. The molecule has 1 amide bonds. The van der Waals surface area contributed by atoms with Crippen LogP contribution in [0.15, 0.2) is 24.3 Å². The Hall–Kier alpha value is -1.48. The summed E-state index contributed by atoms with van der Waals surface area (Å²) in [5.41, 5.74) is 5.66. The maximum absolute atomic E-state index is 10.5. The van der Waals surface area contributed by atoms with Gasteiger partial charge in [-0.25, -0.2) is 0 Å². The standard InChI is InChI=1S/C10H10ClNO2/c1-14-8-4-2-3-7(10(8)11)5-6-9(12)13/h2-6H,1H3,(H2,12,13). The number of ether oxygens (including phenoxy) is 1. The summed E-state index contributed by atoms with van der Waals surface area (Å²) in [6, 6.07) is 5.29. The molecule has 14 heavy (non-hydrogen) atoms. The summed E-state index contributed by atoms with van der Waals surface area (Å²) in [4.78, 5) is 10.5. The van der Waals surface area contributed by atoms with Crippen LogP contribution in [0.25, 0.3) is 6.08 Å². The first kappa shape index (κ1) is 10.6. The van der Waals surface area contributed by atoms with E-state index in [1.165, 1.54) is 13.2 Å². The maximum atomic E-state index is 10.5. The summed E-state index contributed by atoms with van der Waals surface area (Å²) in [7, 11) is 1.53. The highest BCUT2D eigenvalue weighted by Gasteiger charge is 2.02. The van der Waals surface area contributed by atoms with Crippen LogP contribution in [-0.2, 0) is 4.79 Å². The zero-order valence-electron chi connectivity index (χ0n) is 7.66. The van der Waals surface area contributed by atoms with Crippen LogP contribution in [0.4, 0.5) is 0 Å². The molecular formula is C10H10ClNO2. The molecule has 0 bridgehead atoms. The minimum absolute atomic E-state index is 0.465. The molecule has 0 heterocycles. The number of benzene rings is 1. The number of hydrogen-bond donors (Lipinski definition) is 1. The Kier molecular flexibility index (Phi) is 3.54. The molecule has 1 aromatic rings. The predicted octanol–water partition coefficient (Wildman–Crippen LogP) is 1.85. The van der Waals surface area contributed by atoms with Crippen molar-refractivity contribution in [3.05, 3.63) is 34.9 Å². The quantitative estimate of drug-likeness (QED) is 0.776. The summed E-state index contributed by atoms with van der Waals surface area (Å²) in [5.74, 6) is 0.0576. The van der Waals surface area contributed by atoms with Crippen LogP contribution in [0.1, 0.15) is 5.56 Å². The molecule has 0 saturated heterocycles. The first-order valence-electron chi connectivity index (χ1n) is 3.95. The molecule has 0 unspecified atom stereocenters. The van der Waals surface area contributed by atoms with Gasteiger partial charge in [0.2, 0.25) is 5.91 Å². The number of nitrogens with two attached hydrogens (primary N) is 1. The molecular weight excluding hydrogens is 202 g/mol. The Morgan fingerprint density at radius 1 is 1.57 bits per heavy atom. The second-order valence-corrected chi connectivity index (χ2v) is 2.98. The average molecular weight is 212 g/mol. The molecule has 74 valence electrons. The van der Waals surface area contributed by atoms with Crippen LogP contribution in [0.3, 0.4) is 0 Å². The fourth-order valence-corrected chi connectivity index (χ4v) is 1.25. The molecule has 0 aliphatic carbocycles. The van der Waals surface area contributed by atoms with Crippen LogP contribution in [-0.4, -0.2) is 13.0 Å². The number of carbonyl (C=O) groups excluding carboxylic acids is 1. The van der Waals surface area contributed by atoms with Gasteiger partial charge in [0.15, 0.2) is 0 Å². The molecule has 0 saturated carbocycles. The Morgan fingerprint density at radius 3 is 2.86 bits per heavy atom. The second kappa shape index (κ2) is 4.67. The van der Waals surface area contributed by atoms with Crippen LogP contribution in [0.5, 0.6) is 5.75 Å². The molecule has 0 aliphatic heterocycles. The minimum Gasteiger partial charge on any atom is -0.495 e. The van der Waals surface area contributed by atoms with Crippen molar-refractivity contribution in [2.45, 2.75) is 0 Å². The number of amides is 1. The largest absolute Gasteiger partial charge is 0.495 e. The number of primary amides is 1. The van der Waals surface area contributed by atoms with E-state index in [0.29, 0.717) is 16.3 Å². The number of carbonyl (C=O) groups is 1. The normalized spacial score (nSPS) is 10.4. The van der Waals surface area contributed by atoms with Crippen molar-refractivity contribution in [3.63, 3.8) is 0 Å². The van der Waals surface area contributed by atoms with Gasteiger partial charge >= 0.3 is 0 Å². The average Bonchev–Trinajstić information content (AvgIpc) is 2.16. The van der Waals surface area contributed by atoms with Gasteiger partial charge < -0.3 is 10.5 Å². The molecule has 0 atom stereocenters. The van der Waals surface area contributed by atoms with Gasteiger partial charge in [0.05, 0.1) is 12.1 Å². The summed E-state index contributed by atoms with van der Waals surface area (Å²) in [5, 5.41) is 0.465. The zero-order valence-corrected chi connectivity index (χ0v) is 8.41. The SMILES string of the molecule is COc1cccc(C=CC(N)=O)c1Cl. The van der Waals surface area contributed by atoms with Gasteiger partial charge in [-0.15, -0.1) is 0 Å². The minimum atomic E-state index is -0.510. The van der Waals surface area contributed by atoms with E-state index in [1.54, 1.807) is 24.3 Å². The predicted molar refractivity (Wildman–Crippen MR) is 56.2 cm³/mol. The van der Waals surface area contributed by atoms with E-state index in [4.69, 9.17) is 22.1 Å². The fourth-order valence-electron chi connectivity index (χ4n) is 0.986. The molecule has 0 radical (unpaired) electrons. The lowest BCUT2D eigenvalue weighted by Gasteiger charge is -2.04. The molecule has 1 rings (SSSR count). The summed E-state index contributed by atoms with van der Waals surface area (Å²) in [6.07, 6.45) is 2.80. The van der Waals surface area contributed by atoms with Gasteiger partial charge in [0, 0.05) is 6.08 Å². The summed E-state index contributed by atoms with van der Waals surface area (Å²) < 4.78 is 5.01. The Labute approximate surface area is 87.1 Å². The van der Waals surface area contributed by atoms with Crippen molar-refractivity contribution in [1.82, 2.24) is 0 Å². The fraction of sp³-hybridized carbons (Fsp3) is 0.100. The van der Waals surface area contributed by atoms with Gasteiger partial charge in [0.1, 0.15) is 5.75 Å². The number of halogens is 1. The van der Waals surface area contributed by atoms with E-state index in [0.717, 1.165) is 0 Å². The monoisotopic (exact) mass is 211 g/mol. The summed E-state index contributed by atoms with van der Waals surface area (Å²) >= 11 is 5.96. The van der Waals surface area contributed by atoms with E-state index >= 15 is 0 Å². The maximum Gasteiger partial charge on any atom is 0.241 e. The molecule has 2 N–H and O–H groups in total. The van der Waals surface area contributed by atoms with Crippen molar-refractivity contribution < 1.29 is 9.53 Å². The van der Waals surface area contributed by atoms with Gasteiger partial charge in [-0.05, 0) is 17.7 Å². The highest BCUT2D eigenvalue weighted by atomic mass is 35.5. The van der Waals surface area contributed by atoms with Crippen molar-refractivity contribution in [2.75, 3.05) is 7.11 Å². The lowest BCUT2D eigenvalue weighted by atomic mass is 10.2.